The third-order valence-corrected chi connectivity index (χ3v) is 0.418. The molecule has 3 nitrogen and oxygen atoms in total. The first kappa shape index (κ1) is 16.5. The zero-order valence-electron chi connectivity index (χ0n) is 6.37. The van der Waals surface area contributed by atoms with E-state index in [-0.39, 0.29) is 33.9 Å². The summed E-state index contributed by atoms with van der Waals surface area (Å²) in [7, 11) is 1.00. The van der Waals surface area contributed by atoms with Gasteiger partial charge in [-0.15, -0.1) is 0 Å². The Kier molecular flexibility index (Phi) is 19.2. The van der Waals surface area contributed by atoms with E-state index in [1.54, 1.807) is 0 Å². The Morgan fingerprint density at radius 2 is 1.60 bits per heavy atom. The summed E-state index contributed by atoms with van der Waals surface area (Å²) in [4.78, 5) is 8.40. The number of carbonyl (C=O) groups excluding carboxylic acids is 1. The molecule has 0 saturated carbocycles. The van der Waals surface area contributed by atoms with Crippen molar-refractivity contribution in [3.05, 3.63) is 11.8 Å². The minimum atomic E-state index is 0. The zero-order chi connectivity index (χ0) is 7.86. The van der Waals surface area contributed by atoms with Gasteiger partial charge in [0, 0.05) is 29.5 Å². The van der Waals surface area contributed by atoms with Gasteiger partial charge in [-0.2, -0.15) is 0 Å². The van der Waals surface area contributed by atoms with Crippen LogP contribution >= 0.6 is 0 Å². The van der Waals surface area contributed by atoms with Crippen LogP contribution in [0.5, 0.6) is 0 Å². The number of aliphatic hydroxyl groups is 2. The van der Waals surface area contributed by atoms with Gasteiger partial charge in [0.15, 0.2) is 0 Å². The van der Waals surface area contributed by atoms with Crippen LogP contribution in [-0.4, -0.2) is 27.9 Å². The van der Waals surface area contributed by atoms with E-state index in [1.165, 1.54) is 19.9 Å². The molecule has 0 rings (SSSR count). The number of allylic oxidation sites excluding steroid dienone is 2. The molecule has 0 aromatic heterocycles. The van der Waals surface area contributed by atoms with Crippen LogP contribution in [0.3, 0.4) is 0 Å². The summed E-state index contributed by atoms with van der Waals surface area (Å²) < 4.78 is 0. The molecule has 0 fully saturated rings. The molecule has 0 aromatic rings. The Labute approximate surface area is 76.3 Å². The molecule has 4 heteroatoms. The summed E-state index contributed by atoms with van der Waals surface area (Å²) in [5.74, 6) is 0.250. The van der Waals surface area contributed by atoms with Gasteiger partial charge in [0.05, 0.1) is 18.8 Å². The van der Waals surface area contributed by atoms with Crippen molar-refractivity contribution in [2.45, 2.75) is 13.8 Å². The summed E-state index contributed by atoms with van der Waals surface area (Å²) in [5, 5.41) is 15.4. The first-order valence-corrected chi connectivity index (χ1v) is 2.47. The van der Waals surface area contributed by atoms with E-state index in [9.17, 15) is 0 Å². The molecule has 0 atom stereocenters. The maximum atomic E-state index is 8.40. The van der Waals surface area contributed by atoms with Crippen molar-refractivity contribution in [3.8, 4) is 0 Å². The Hall–Kier alpha value is -0.0897. The zero-order valence-corrected chi connectivity index (χ0v) is 8.56. The van der Waals surface area contributed by atoms with Crippen LogP contribution in [0.4, 0.5) is 0 Å². The molecular weight excluding hydrogens is 213 g/mol. The van der Waals surface area contributed by atoms with Gasteiger partial charge in [-0.1, -0.05) is 0 Å². The first-order chi connectivity index (χ1) is 4.13. The molecule has 0 amide bonds. The van der Waals surface area contributed by atoms with Gasteiger partial charge in [-0.3, -0.25) is 4.79 Å². The van der Waals surface area contributed by atoms with Crippen LogP contribution in [0, 0.1) is 0 Å². The number of rotatable bonds is 1. The molecule has 3 N–H and O–H groups in total. The predicted octanol–water partition coefficient (Wildman–Crippen LogP) is 0.619. The van der Waals surface area contributed by atoms with Crippen molar-refractivity contribution in [1.82, 2.24) is 0 Å². The fourth-order valence-corrected chi connectivity index (χ4v) is 0.302. The van der Waals surface area contributed by atoms with Crippen LogP contribution in [0.25, 0.3) is 0 Å². The van der Waals surface area contributed by atoms with Crippen LogP contribution < -0.4 is 0 Å². The van der Waals surface area contributed by atoms with Gasteiger partial charge in [0.2, 0.25) is 0 Å². The van der Waals surface area contributed by atoms with Gasteiger partial charge in [-0.05, 0) is 6.92 Å². The van der Waals surface area contributed by atoms with Gasteiger partial charge in [0.1, 0.15) is 0 Å². The van der Waals surface area contributed by atoms with E-state index in [0.717, 1.165) is 7.11 Å². The van der Waals surface area contributed by atoms with E-state index in [4.69, 9.17) is 15.0 Å². The molecule has 0 heterocycles. The van der Waals surface area contributed by atoms with Crippen molar-refractivity contribution in [3.63, 3.8) is 0 Å². The molecule has 0 saturated heterocycles. The second-order valence-electron chi connectivity index (χ2n) is 1.43. The minimum Gasteiger partial charge on any atom is -0.512 e. The maximum Gasteiger partial charge on any atom is 0.316 e. The average molecular weight is 226 g/mol. The standard InChI is InChI=1S/C5H8O2.CH4O.Nb/c1-4(6)3-5(2)7;1-2;/h3,6H,1-2H3;2H,1H3;/p+1/b4-3-;;. The Morgan fingerprint density at radius 1 is 1.30 bits per heavy atom. The summed E-state index contributed by atoms with van der Waals surface area (Å²) in [6.07, 6.45) is 1.28. The maximum absolute atomic E-state index is 8.40. The summed E-state index contributed by atoms with van der Waals surface area (Å²) >= 11 is 0. The number of aliphatic hydroxyl groups excluding tert-OH is 2. The molecule has 0 aliphatic heterocycles. The van der Waals surface area contributed by atoms with E-state index < -0.39 is 0 Å². The van der Waals surface area contributed by atoms with Crippen LogP contribution in [0.15, 0.2) is 11.8 Å². The minimum absolute atomic E-state index is 0. The van der Waals surface area contributed by atoms with Crippen molar-refractivity contribution >= 4 is 5.78 Å². The van der Waals surface area contributed by atoms with Gasteiger partial charge in [-0.25, -0.2) is 0 Å². The SMILES string of the molecule is CC(=[OH+])/C=C(/C)O.CO.[Nb]. The number of ketones is 1. The molecule has 0 spiro atoms. The van der Waals surface area contributed by atoms with E-state index in [2.05, 4.69) is 0 Å². The summed E-state index contributed by atoms with van der Waals surface area (Å²) in [6.45, 7) is 3.00. The molecule has 10 heavy (non-hydrogen) atoms. The quantitative estimate of drug-likeness (QED) is 0.298. The Bertz CT molecular complexity index is 106. The van der Waals surface area contributed by atoms with Crippen LogP contribution in [-0.2, 0) is 22.4 Å². The molecule has 0 aliphatic rings. The fraction of sp³-hybridized carbons (Fsp3) is 0.500. The molecule has 0 aliphatic carbocycles. The Balaban J connectivity index is -0.000000149. The first-order valence-electron chi connectivity index (χ1n) is 2.47. The monoisotopic (exact) mass is 226 g/mol. The molecule has 0 unspecified atom stereocenters. The topological polar surface area (TPSA) is 61.9 Å². The van der Waals surface area contributed by atoms with Crippen molar-refractivity contribution < 1.29 is 37.4 Å². The molecular formula is C6H13NbO3+. The van der Waals surface area contributed by atoms with Crippen LogP contribution in [0.1, 0.15) is 13.8 Å². The van der Waals surface area contributed by atoms with E-state index in [1.807, 2.05) is 0 Å². The molecule has 1 radical (unpaired) electrons. The largest absolute Gasteiger partial charge is 0.512 e. The van der Waals surface area contributed by atoms with Gasteiger partial charge < -0.3 is 10.2 Å². The normalized spacial score (nSPS) is 8.60. The average Bonchev–Trinajstić information content (AvgIpc) is 1.68. The second-order valence-corrected chi connectivity index (χ2v) is 1.43. The van der Waals surface area contributed by atoms with Crippen molar-refractivity contribution in [1.29, 1.82) is 0 Å². The number of hydrogen-bond acceptors (Lipinski definition) is 2. The van der Waals surface area contributed by atoms with E-state index in [0.29, 0.717) is 0 Å². The summed E-state index contributed by atoms with van der Waals surface area (Å²) in [5.41, 5.74) is 0. The van der Waals surface area contributed by atoms with Crippen molar-refractivity contribution in [2.75, 3.05) is 7.11 Å². The van der Waals surface area contributed by atoms with Crippen LogP contribution in [0.2, 0.25) is 0 Å². The molecule has 0 aromatic carbocycles. The fourth-order valence-electron chi connectivity index (χ4n) is 0.302. The van der Waals surface area contributed by atoms with Gasteiger partial charge >= 0.3 is 5.78 Å². The smallest absolute Gasteiger partial charge is 0.316 e. The summed E-state index contributed by atoms with van der Waals surface area (Å²) in [6, 6.07) is 0. The number of hydrogen-bond donors (Lipinski definition) is 2. The Morgan fingerprint density at radius 3 is 1.60 bits per heavy atom. The molecule has 0 bridgehead atoms. The van der Waals surface area contributed by atoms with E-state index >= 15 is 0 Å². The molecule has 59 valence electrons. The third-order valence-electron chi connectivity index (χ3n) is 0.418. The second kappa shape index (κ2) is 11.7. The predicted molar refractivity (Wildman–Crippen MR) is 37.1 cm³/mol. The third kappa shape index (κ3) is 24.7. The van der Waals surface area contributed by atoms with Crippen molar-refractivity contribution in [2.24, 2.45) is 0 Å². The van der Waals surface area contributed by atoms with Gasteiger partial charge in [0.25, 0.3) is 0 Å².